The highest BCUT2D eigenvalue weighted by molar-refractivity contribution is 6.08. The molecule has 0 bridgehead atoms. The maximum atomic E-state index is 14.3. The van der Waals surface area contributed by atoms with Crippen LogP contribution in [0.3, 0.4) is 0 Å². The summed E-state index contributed by atoms with van der Waals surface area (Å²) in [6.07, 6.45) is 2.32. The molecule has 5 rings (SSSR count). The Morgan fingerprint density at radius 1 is 1.10 bits per heavy atom. The minimum atomic E-state index is -0.476. The first-order chi connectivity index (χ1) is 15.0. The zero-order valence-corrected chi connectivity index (χ0v) is 17.0. The highest BCUT2D eigenvalue weighted by atomic mass is 19.1. The van der Waals surface area contributed by atoms with Crippen molar-refractivity contribution in [2.75, 3.05) is 4.90 Å². The van der Waals surface area contributed by atoms with Gasteiger partial charge in [-0.1, -0.05) is 36.4 Å². The molecule has 2 aromatic heterocycles. The number of anilines is 1. The number of fused-ring (bicyclic) bond motifs is 2. The van der Waals surface area contributed by atoms with E-state index in [1.165, 1.54) is 10.6 Å². The van der Waals surface area contributed by atoms with E-state index < -0.39 is 11.4 Å². The molecule has 2 aromatic carbocycles. The van der Waals surface area contributed by atoms with Crippen LogP contribution in [-0.2, 0) is 13.0 Å². The highest BCUT2D eigenvalue weighted by Gasteiger charge is 2.33. The number of hydrogen-bond donors (Lipinski definition) is 0. The molecule has 0 radical (unpaired) electrons. The summed E-state index contributed by atoms with van der Waals surface area (Å²) >= 11 is 0. The molecule has 5 nitrogen and oxygen atoms in total. The molecular weight excluding hydrogens is 393 g/mol. The largest absolute Gasteiger partial charge is 0.305 e. The van der Waals surface area contributed by atoms with Gasteiger partial charge in [0, 0.05) is 28.9 Å². The second-order valence-corrected chi connectivity index (χ2v) is 7.81. The summed E-state index contributed by atoms with van der Waals surface area (Å²) in [6, 6.07) is 19.1. The molecule has 0 aliphatic carbocycles. The van der Waals surface area contributed by atoms with Gasteiger partial charge in [0.25, 0.3) is 11.5 Å². The molecule has 0 unspecified atom stereocenters. The minimum absolute atomic E-state index is 0.00766. The van der Waals surface area contributed by atoms with Crippen LogP contribution < -0.4 is 10.5 Å². The molecule has 0 N–H and O–H groups in total. The molecule has 1 aliphatic rings. The lowest BCUT2D eigenvalue weighted by atomic mass is 10.1. The van der Waals surface area contributed by atoms with E-state index >= 15 is 0 Å². The standard InChI is InChI=1S/C25H20FN3O2/c1-16-13-17-7-3-5-11-22(17)29(16)25(31)20-14-18-9-6-12-27-23(18)28(24(20)30)15-19-8-2-4-10-21(19)26/h2-12,14,16H,13,15H2,1H3/t16-/m0/s1. The van der Waals surface area contributed by atoms with Gasteiger partial charge in [0.15, 0.2) is 0 Å². The van der Waals surface area contributed by atoms with Crippen molar-refractivity contribution in [1.29, 1.82) is 0 Å². The van der Waals surface area contributed by atoms with Crippen LogP contribution in [0.5, 0.6) is 0 Å². The fourth-order valence-corrected chi connectivity index (χ4v) is 4.31. The lowest BCUT2D eigenvalue weighted by Gasteiger charge is -2.23. The monoisotopic (exact) mass is 413 g/mol. The van der Waals surface area contributed by atoms with Gasteiger partial charge in [0.1, 0.15) is 17.0 Å². The first-order valence-electron chi connectivity index (χ1n) is 10.2. The van der Waals surface area contributed by atoms with Crippen molar-refractivity contribution in [2.45, 2.75) is 25.9 Å². The van der Waals surface area contributed by atoms with Gasteiger partial charge >= 0.3 is 0 Å². The number of carbonyl (C=O) groups is 1. The van der Waals surface area contributed by atoms with Gasteiger partial charge in [-0.05, 0) is 49.2 Å². The SMILES string of the molecule is C[C@H]1Cc2ccccc2N1C(=O)c1cc2cccnc2n(Cc2ccccc2F)c1=O. The second kappa shape index (κ2) is 7.47. The number of aromatic nitrogens is 2. The van der Waals surface area contributed by atoms with Crippen LogP contribution >= 0.6 is 0 Å². The Morgan fingerprint density at radius 2 is 1.87 bits per heavy atom. The fourth-order valence-electron chi connectivity index (χ4n) is 4.31. The van der Waals surface area contributed by atoms with Crippen LogP contribution in [0.15, 0.2) is 77.7 Å². The first-order valence-corrected chi connectivity index (χ1v) is 10.2. The van der Waals surface area contributed by atoms with Crippen molar-refractivity contribution < 1.29 is 9.18 Å². The number of nitrogens with zero attached hydrogens (tertiary/aromatic N) is 3. The van der Waals surface area contributed by atoms with Gasteiger partial charge in [-0.25, -0.2) is 9.37 Å². The molecule has 0 saturated carbocycles. The van der Waals surface area contributed by atoms with Crippen LogP contribution in [0.4, 0.5) is 10.1 Å². The zero-order chi connectivity index (χ0) is 21.5. The van der Waals surface area contributed by atoms with Crippen molar-refractivity contribution in [3.8, 4) is 0 Å². The van der Waals surface area contributed by atoms with E-state index in [4.69, 9.17) is 0 Å². The molecule has 154 valence electrons. The number of para-hydroxylation sites is 1. The highest BCUT2D eigenvalue weighted by Crippen LogP contribution is 2.33. The molecule has 0 fully saturated rings. The van der Waals surface area contributed by atoms with Gasteiger partial charge < -0.3 is 4.90 Å². The summed E-state index contributed by atoms with van der Waals surface area (Å²) in [5.74, 6) is -0.757. The summed E-state index contributed by atoms with van der Waals surface area (Å²) in [7, 11) is 0. The van der Waals surface area contributed by atoms with E-state index in [2.05, 4.69) is 4.98 Å². The Labute approximate surface area is 178 Å². The molecule has 1 atom stereocenters. The number of benzene rings is 2. The smallest absolute Gasteiger partial charge is 0.265 e. The third-order valence-electron chi connectivity index (χ3n) is 5.79. The van der Waals surface area contributed by atoms with E-state index in [0.29, 0.717) is 16.6 Å². The summed E-state index contributed by atoms with van der Waals surface area (Å²) in [5.41, 5.74) is 2.27. The average molecular weight is 413 g/mol. The maximum Gasteiger partial charge on any atom is 0.265 e. The Morgan fingerprint density at radius 3 is 2.71 bits per heavy atom. The third-order valence-corrected chi connectivity index (χ3v) is 5.79. The molecule has 1 aliphatic heterocycles. The van der Waals surface area contributed by atoms with E-state index in [0.717, 1.165) is 17.7 Å². The fraction of sp³-hybridized carbons (Fsp3) is 0.160. The Balaban J connectivity index is 1.67. The molecule has 1 amide bonds. The number of pyridine rings is 2. The van der Waals surface area contributed by atoms with E-state index in [1.807, 2.05) is 31.2 Å². The molecule has 0 spiro atoms. The van der Waals surface area contributed by atoms with Crippen molar-refractivity contribution in [3.05, 3.63) is 106 Å². The van der Waals surface area contributed by atoms with Crippen molar-refractivity contribution >= 4 is 22.6 Å². The van der Waals surface area contributed by atoms with E-state index in [-0.39, 0.29) is 24.1 Å². The Hall–Kier alpha value is -3.80. The van der Waals surface area contributed by atoms with Gasteiger partial charge in [-0.2, -0.15) is 0 Å². The Kier molecular flexibility index (Phi) is 4.62. The summed E-state index contributed by atoms with van der Waals surface area (Å²) in [4.78, 5) is 33.1. The molecule has 31 heavy (non-hydrogen) atoms. The summed E-state index contributed by atoms with van der Waals surface area (Å²) < 4.78 is 15.7. The van der Waals surface area contributed by atoms with Crippen LogP contribution in [0.2, 0.25) is 0 Å². The van der Waals surface area contributed by atoms with Gasteiger partial charge in [0.05, 0.1) is 6.54 Å². The number of rotatable bonds is 3. The maximum absolute atomic E-state index is 14.3. The van der Waals surface area contributed by atoms with Crippen LogP contribution in [-0.4, -0.2) is 21.5 Å². The molecular formula is C25H20FN3O2. The van der Waals surface area contributed by atoms with Crippen LogP contribution in [0.1, 0.15) is 28.4 Å². The summed E-state index contributed by atoms with van der Waals surface area (Å²) in [5, 5.41) is 0.655. The molecule has 6 heteroatoms. The van der Waals surface area contributed by atoms with Gasteiger partial charge in [-0.3, -0.25) is 14.2 Å². The number of halogens is 1. The number of amides is 1. The number of hydrogen-bond acceptors (Lipinski definition) is 3. The van der Waals surface area contributed by atoms with Crippen molar-refractivity contribution in [3.63, 3.8) is 0 Å². The topological polar surface area (TPSA) is 55.2 Å². The van der Waals surface area contributed by atoms with Crippen LogP contribution in [0, 0.1) is 5.82 Å². The average Bonchev–Trinajstić information content (AvgIpc) is 3.12. The molecule has 0 saturated heterocycles. The predicted molar refractivity (Wildman–Crippen MR) is 118 cm³/mol. The first kappa shape index (κ1) is 19.2. The van der Waals surface area contributed by atoms with E-state index in [1.54, 1.807) is 47.5 Å². The Bertz CT molecular complexity index is 1380. The summed E-state index contributed by atoms with van der Waals surface area (Å²) in [6.45, 7) is 1.96. The normalized spacial score (nSPS) is 15.3. The lowest BCUT2D eigenvalue weighted by molar-refractivity contribution is 0.0979. The van der Waals surface area contributed by atoms with Crippen molar-refractivity contribution in [1.82, 2.24) is 9.55 Å². The molecule has 3 heterocycles. The third kappa shape index (κ3) is 3.20. The van der Waals surface area contributed by atoms with Gasteiger partial charge in [-0.15, -0.1) is 0 Å². The predicted octanol–water partition coefficient (Wildman–Crippen LogP) is 4.18. The number of carbonyl (C=O) groups excluding carboxylic acids is 1. The van der Waals surface area contributed by atoms with E-state index in [9.17, 15) is 14.0 Å². The second-order valence-electron chi connectivity index (χ2n) is 7.81. The zero-order valence-electron chi connectivity index (χ0n) is 17.0. The van der Waals surface area contributed by atoms with Gasteiger partial charge in [0.2, 0.25) is 0 Å². The minimum Gasteiger partial charge on any atom is -0.305 e. The quantitative estimate of drug-likeness (QED) is 0.506. The van der Waals surface area contributed by atoms with Crippen LogP contribution in [0.25, 0.3) is 11.0 Å². The molecule has 4 aromatic rings. The van der Waals surface area contributed by atoms with Crippen molar-refractivity contribution in [2.24, 2.45) is 0 Å². The lowest BCUT2D eigenvalue weighted by Crippen LogP contribution is -2.40.